The van der Waals surface area contributed by atoms with E-state index in [1.165, 1.54) is 136 Å². The third-order valence-corrected chi connectivity index (χ3v) is 16.7. The van der Waals surface area contributed by atoms with Crippen molar-refractivity contribution in [1.29, 1.82) is 0 Å². The molecule has 0 saturated carbocycles. The fraction of sp³-hybridized carbons (Fsp3) is 0.0526. The summed E-state index contributed by atoms with van der Waals surface area (Å²) in [6.07, 6.45) is 0. The maximum atomic E-state index is 2.72. The second kappa shape index (κ2) is 11.3. The van der Waals surface area contributed by atoms with Crippen molar-refractivity contribution in [2.45, 2.75) is 29.1 Å². The topological polar surface area (TPSA) is 14.8 Å². The SMILES string of the molecule is CC1(C)c2ccccc2B2c3c(cccc31)-n1c3c2cccc3c2c3c(c4ccccc4n3-c3ccccc3)c3c(c4cccc5c4n3-c3cccc4c3B5c3ccccc3S4)c21. The van der Waals surface area contributed by atoms with Gasteiger partial charge in [-0.3, -0.25) is 0 Å². The van der Waals surface area contributed by atoms with Crippen LogP contribution in [0, 0.1) is 0 Å². The Morgan fingerprint density at radius 2 is 0.889 bits per heavy atom. The highest BCUT2D eigenvalue weighted by molar-refractivity contribution is 8.00. The summed E-state index contributed by atoms with van der Waals surface area (Å²) in [7, 11) is 0. The van der Waals surface area contributed by atoms with Gasteiger partial charge in [0.1, 0.15) is 0 Å². The highest BCUT2D eigenvalue weighted by atomic mass is 32.2. The van der Waals surface area contributed by atoms with E-state index in [1.54, 1.807) is 0 Å². The second-order valence-electron chi connectivity index (χ2n) is 18.7. The number of nitrogens with zero attached hydrogens (tertiary/aromatic N) is 3. The molecule has 12 aromatic rings. The maximum absolute atomic E-state index is 2.72. The van der Waals surface area contributed by atoms with Crippen molar-refractivity contribution in [3.05, 3.63) is 187 Å². The van der Waals surface area contributed by atoms with Crippen molar-refractivity contribution in [3.63, 3.8) is 0 Å². The highest BCUT2D eigenvalue weighted by Crippen LogP contribution is 2.51. The summed E-state index contributed by atoms with van der Waals surface area (Å²) < 4.78 is 8.00. The monoisotopic (exact) mass is 815 g/mol. The average Bonchev–Trinajstić information content (AvgIpc) is 3.98. The molecule has 0 spiro atoms. The molecule has 16 rings (SSSR count). The molecule has 0 atom stereocenters. The Morgan fingerprint density at radius 3 is 1.65 bits per heavy atom. The molecule has 3 nitrogen and oxygen atoms in total. The van der Waals surface area contributed by atoms with E-state index in [-0.39, 0.29) is 18.8 Å². The van der Waals surface area contributed by atoms with E-state index in [2.05, 4.69) is 203 Å². The molecule has 0 aliphatic carbocycles. The molecule has 290 valence electrons. The van der Waals surface area contributed by atoms with Crippen molar-refractivity contribution < 1.29 is 0 Å². The van der Waals surface area contributed by atoms with E-state index in [4.69, 9.17) is 0 Å². The minimum atomic E-state index is -0.157. The minimum Gasteiger partial charge on any atom is -0.309 e. The number of para-hydroxylation sites is 4. The fourth-order valence-electron chi connectivity index (χ4n) is 13.2. The molecule has 7 heterocycles. The zero-order valence-corrected chi connectivity index (χ0v) is 35.5. The van der Waals surface area contributed by atoms with Crippen molar-refractivity contribution in [2.75, 3.05) is 0 Å². The van der Waals surface area contributed by atoms with Gasteiger partial charge >= 0.3 is 0 Å². The first kappa shape index (κ1) is 33.5. The van der Waals surface area contributed by atoms with Crippen LogP contribution in [0.3, 0.4) is 0 Å². The van der Waals surface area contributed by atoms with Crippen molar-refractivity contribution in [3.8, 4) is 17.1 Å². The summed E-state index contributed by atoms with van der Waals surface area (Å²) in [6.45, 7) is 5.13. The third-order valence-electron chi connectivity index (χ3n) is 15.5. The van der Waals surface area contributed by atoms with Crippen LogP contribution < -0.4 is 32.8 Å². The van der Waals surface area contributed by atoms with E-state index < -0.39 is 0 Å². The fourth-order valence-corrected chi connectivity index (χ4v) is 14.4. The summed E-state index contributed by atoms with van der Waals surface area (Å²) in [5.74, 6) is 0. The highest BCUT2D eigenvalue weighted by Gasteiger charge is 2.46. The largest absolute Gasteiger partial charge is 0.309 e. The summed E-state index contributed by atoms with van der Waals surface area (Å²) >= 11 is 1.93. The lowest BCUT2D eigenvalue weighted by molar-refractivity contribution is 0.645. The number of benzene rings is 9. The lowest BCUT2D eigenvalue weighted by atomic mass is 9.30. The zero-order valence-electron chi connectivity index (χ0n) is 34.6. The molecule has 6 heteroatoms. The van der Waals surface area contributed by atoms with Crippen LogP contribution in [-0.2, 0) is 5.41 Å². The first-order valence-electron chi connectivity index (χ1n) is 22.3. The van der Waals surface area contributed by atoms with Crippen LogP contribution in [0.15, 0.2) is 186 Å². The van der Waals surface area contributed by atoms with Crippen LogP contribution in [0.1, 0.15) is 25.0 Å². The molecular formula is C57H35B2N3S. The van der Waals surface area contributed by atoms with Crippen molar-refractivity contribution in [2.24, 2.45) is 0 Å². The van der Waals surface area contributed by atoms with Crippen LogP contribution in [0.4, 0.5) is 0 Å². The van der Waals surface area contributed by atoms with E-state index in [0.29, 0.717) is 0 Å². The average molecular weight is 816 g/mol. The molecule has 3 aromatic heterocycles. The number of aromatic nitrogens is 3. The van der Waals surface area contributed by atoms with Gasteiger partial charge in [0.05, 0.1) is 22.1 Å². The van der Waals surface area contributed by atoms with Gasteiger partial charge in [0.25, 0.3) is 0 Å². The maximum Gasteiger partial charge on any atom is 0.249 e. The molecule has 4 aliphatic rings. The Bertz CT molecular complexity index is 4110. The van der Waals surface area contributed by atoms with Crippen LogP contribution in [0.2, 0.25) is 0 Å². The van der Waals surface area contributed by atoms with E-state index in [1.807, 2.05) is 11.8 Å². The lowest BCUT2D eigenvalue weighted by Crippen LogP contribution is -2.63. The van der Waals surface area contributed by atoms with Gasteiger partial charge in [-0.25, -0.2) is 0 Å². The predicted octanol–water partition coefficient (Wildman–Crippen LogP) is 9.74. The predicted molar refractivity (Wildman–Crippen MR) is 268 cm³/mol. The van der Waals surface area contributed by atoms with Gasteiger partial charge in [0.2, 0.25) is 13.4 Å². The molecule has 0 saturated heterocycles. The lowest BCUT2D eigenvalue weighted by Gasteiger charge is -2.41. The molecular weight excluding hydrogens is 780 g/mol. The summed E-state index contributed by atoms with van der Waals surface area (Å²) in [4.78, 5) is 2.70. The minimum absolute atomic E-state index is 0.132. The molecule has 63 heavy (non-hydrogen) atoms. The van der Waals surface area contributed by atoms with Gasteiger partial charge in [-0.2, -0.15) is 0 Å². The molecule has 4 aliphatic heterocycles. The first-order valence-corrected chi connectivity index (χ1v) is 23.1. The van der Waals surface area contributed by atoms with E-state index in [0.717, 1.165) is 0 Å². The Labute approximate surface area is 368 Å². The normalized spacial score (nSPS) is 14.8. The number of fused-ring (bicyclic) bond motifs is 20. The smallest absolute Gasteiger partial charge is 0.249 e. The van der Waals surface area contributed by atoms with Gasteiger partial charge in [0.15, 0.2) is 0 Å². The first-order chi connectivity index (χ1) is 31.1. The Kier molecular flexibility index (Phi) is 5.99. The van der Waals surface area contributed by atoms with Crippen LogP contribution in [0.25, 0.3) is 82.5 Å². The van der Waals surface area contributed by atoms with Crippen LogP contribution >= 0.6 is 11.8 Å². The van der Waals surface area contributed by atoms with Gasteiger partial charge in [-0.1, -0.05) is 170 Å². The molecule has 0 amide bonds. The summed E-state index contributed by atoms with van der Waals surface area (Å²) in [6, 6.07) is 67.1. The number of rotatable bonds is 1. The van der Waals surface area contributed by atoms with Crippen molar-refractivity contribution in [1.82, 2.24) is 13.7 Å². The van der Waals surface area contributed by atoms with Gasteiger partial charge < -0.3 is 13.7 Å². The standard InChI is InChI=1S/C57H35B2N3S/c1-57(2)36-21-7-8-23-38(36)58-40-25-12-19-34-48-54-47(33-18-6-10-27-42(33)60(54)32-16-4-3-5-17-32)55-49(56(48)61(52(34)40)43-28-14-22-37(57)50(43)58)35-20-13-26-41-53(35)62(55)44-29-15-31-46-51(44)59(41)39-24-9-11-30-45(39)63-46/h3-31H,1-2H3. The molecule has 9 aromatic carbocycles. The molecule has 0 fully saturated rings. The summed E-state index contributed by atoms with van der Waals surface area (Å²) in [5, 5.41) is 7.86. The number of hydrogen-bond donors (Lipinski definition) is 0. The van der Waals surface area contributed by atoms with Crippen LogP contribution in [-0.4, -0.2) is 27.1 Å². The van der Waals surface area contributed by atoms with Crippen LogP contribution in [0.5, 0.6) is 0 Å². The van der Waals surface area contributed by atoms with Gasteiger partial charge in [0, 0.05) is 75.6 Å². The molecule has 0 radical (unpaired) electrons. The Hall–Kier alpha value is -7.14. The zero-order chi connectivity index (χ0) is 41.0. The molecule has 0 unspecified atom stereocenters. The molecule has 0 bridgehead atoms. The van der Waals surface area contributed by atoms with E-state index >= 15 is 0 Å². The van der Waals surface area contributed by atoms with Gasteiger partial charge in [-0.05, 0) is 75.4 Å². The summed E-state index contributed by atoms with van der Waals surface area (Å²) in [5.41, 5.74) is 22.7. The van der Waals surface area contributed by atoms with Crippen molar-refractivity contribution >= 4 is 123 Å². The van der Waals surface area contributed by atoms with Gasteiger partial charge in [-0.15, -0.1) is 0 Å². The quantitative estimate of drug-likeness (QED) is 0.151. The Morgan fingerprint density at radius 1 is 0.381 bits per heavy atom. The Balaban J connectivity index is 1.22. The third kappa shape index (κ3) is 3.76. The van der Waals surface area contributed by atoms with E-state index in [9.17, 15) is 0 Å². The molecule has 0 N–H and O–H groups in total. The second-order valence-corrected chi connectivity index (χ2v) is 19.7. The number of hydrogen-bond acceptors (Lipinski definition) is 1.